The molecule has 0 fully saturated rings. The van der Waals surface area contributed by atoms with Crippen LogP contribution in [0.5, 0.6) is 0 Å². The maximum atomic E-state index is 4.53. The normalized spacial score (nSPS) is 12.9. The summed E-state index contributed by atoms with van der Waals surface area (Å²) in [6.07, 6.45) is 3.11. The number of hydrogen-bond acceptors (Lipinski definition) is 4. The van der Waals surface area contributed by atoms with E-state index < -0.39 is 0 Å². The molecule has 2 aromatic heterocycles. The maximum Gasteiger partial charge on any atom is 0.133 e. The van der Waals surface area contributed by atoms with E-state index in [0.717, 1.165) is 18.0 Å². The van der Waals surface area contributed by atoms with E-state index in [9.17, 15) is 0 Å². The third kappa shape index (κ3) is 2.94. The van der Waals surface area contributed by atoms with Gasteiger partial charge in [0.05, 0.1) is 4.88 Å². The first-order chi connectivity index (χ1) is 8.24. The summed E-state index contributed by atoms with van der Waals surface area (Å²) >= 11 is 3.65. The standard InChI is InChI=1S/C13H18N2S2/c1-4-10-6-7-11(16-10)13-15-8-12(17-13)9(3)14-5-2/h6-9,14H,4-5H2,1-3H3. The molecule has 1 unspecified atom stereocenters. The van der Waals surface area contributed by atoms with Gasteiger partial charge in [0.1, 0.15) is 5.01 Å². The monoisotopic (exact) mass is 266 g/mol. The molecule has 0 bridgehead atoms. The molecule has 2 rings (SSSR count). The van der Waals surface area contributed by atoms with E-state index >= 15 is 0 Å². The fraction of sp³-hybridized carbons (Fsp3) is 0.462. The smallest absolute Gasteiger partial charge is 0.133 e. The Morgan fingerprint density at radius 3 is 2.76 bits per heavy atom. The lowest BCUT2D eigenvalue weighted by atomic mass is 10.3. The number of thiophene rings is 1. The Hall–Kier alpha value is -0.710. The molecule has 2 nitrogen and oxygen atoms in total. The van der Waals surface area contributed by atoms with Crippen LogP contribution in [0, 0.1) is 0 Å². The zero-order valence-electron chi connectivity index (χ0n) is 10.5. The van der Waals surface area contributed by atoms with Crippen LogP contribution in [0.15, 0.2) is 18.3 Å². The van der Waals surface area contributed by atoms with Gasteiger partial charge in [-0.3, -0.25) is 0 Å². The van der Waals surface area contributed by atoms with Crippen LogP contribution in [0.4, 0.5) is 0 Å². The average molecular weight is 266 g/mol. The first-order valence-corrected chi connectivity index (χ1v) is 7.66. The predicted molar refractivity (Wildman–Crippen MR) is 76.9 cm³/mol. The van der Waals surface area contributed by atoms with E-state index in [2.05, 4.69) is 43.2 Å². The van der Waals surface area contributed by atoms with Gasteiger partial charge in [-0.1, -0.05) is 13.8 Å². The van der Waals surface area contributed by atoms with Gasteiger partial charge in [0.15, 0.2) is 0 Å². The van der Waals surface area contributed by atoms with Gasteiger partial charge < -0.3 is 5.32 Å². The Bertz CT molecular complexity index is 473. The summed E-state index contributed by atoms with van der Waals surface area (Å²) in [5.74, 6) is 0. The lowest BCUT2D eigenvalue weighted by molar-refractivity contribution is 0.606. The first kappa shape index (κ1) is 12.7. The number of aryl methyl sites for hydroxylation is 1. The van der Waals surface area contributed by atoms with Crippen LogP contribution in [0.25, 0.3) is 9.88 Å². The largest absolute Gasteiger partial charge is 0.310 e. The van der Waals surface area contributed by atoms with E-state index in [-0.39, 0.29) is 0 Å². The number of hydrogen-bond donors (Lipinski definition) is 1. The molecule has 92 valence electrons. The topological polar surface area (TPSA) is 24.9 Å². The highest BCUT2D eigenvalue weighted by atomic mass is 32.1. The summed E-state index contributed by atoms with van der Waals surface area (Å²) in [5.41, 5.74) is 0. The number of aromatic nitrogens is 1. The van der Waals surface area contributed by atoms with E-state index in [1.807, 2.05) is 17.5 Å². The summed E-state index contributed by atoms with van der Waals surface area (Å²) in [4.78, 5) is 8.56. The molecule has 0 aliphatic carbocycles. The second kappa shape index (κ2) is 5.76. The second-order valence-electron chi connectivity index (χ2n) is 3.97. The highest BCUT2D eigenvalue weighted by Gasteiger charge is 2.11. The average Bonchev–Trinajstić information content (AvgIpc) is 2.98. The summed E-state index contributed by atoms with van der Waals surface area (Å²) < 4.78 is 0. The van der Waals surface area contributed by atoms with Crippen LogP contribution in [0.1, 0.15) is 36.6 Å². The molecule has 0 aromatic carbocycles. The van der Waals surface area contributed by atoms with Crippen molar-refractivity contribution in [3.05, 3.63) is 28.1 Å². The second-order valence-corrected chi connectivity index (χ2v) is 6.20. The van der Waals surface area contributed by atoms with Crippen molar-refractivity contribution in [3.63, 3.8) is 0 Å². The molecule has 0 radical (unpaired) electrons. The van der Waals surface area contributed by atoms with Crippen LogP contribution >= 0.6 is 22.7 Å². The lowest BCUT2D eigenvalue weighted by Gasteiger charge is -2.07. The van der Waals surface area contributed by atoms with Crippen LogP contribution in [0.2, 0.25) is 0 Å². The minimum atomic E-state index is 0.400. The Kier molecular flexibility index (Phi) is 4.31. The predicted octanol–water partition coefficient (Wildman–Crippen LogP) is 4.10. The summed E-state index contributed by atoms with van der Waals surface area (Å²) in [6.45, 7) is 7.50. The Morgan fingerprint density at radius 2 is 2.12 bits per heavy atom. The highest BCUT2D eigenvalue weighted by Crippen LogP contribution is 2.33. The maximum absolute atomic E-state index is 4.53. The molecule has 2 aromatic rings. The summed E-state index contributed by atoms with van der Waals surface area (Å²) in [7, 11) is 0. The van der Waals surface area contributed by atoms with Crippen molar-refractivity contribution < 1.29 is 0 Å². The SMILES string of the molecule is CCNC(C)c1cnc(-c2ccc(CC)s2)s1. The fourth-order valence-corrected chi connectivity index (χ4v) is 3.64. The van der Waals surface area contributed by atoms with E-state index in [1.54, 1.807) is 11.3 Å². The van der Waals surface area contributed by atoms with Crippen LogP contribution in [-0.4, -0.2) is 11.5 Å². The Labute approximate surface area is 111 Å². The molecule has 0 amide bonds. The zero-order chi connectivity index (χ0) is 12.3. The molecule has 1 N–H and O–H groups in total. The van der Waals surface area contributed by atoms with Crippen molar-refractivity contribution in [1.29, 1.82) is 0 Å². The Balaban J connectivity index is 2.17. The van der Waals surface area contributed by atoms with Crippen molar-refractivity contribution in [3.8, 4) is 9.88 Å². The third-order valence-corrected chi connectivity index (χ3v) is 5.26. The quantitative estimate of drug-likeness (QED) is 0.881. The third-order valence-electron chi connectivity index (χ3n) is 2.68. The van der Waals surface area contributed by atoms with Crippen molar-refractivity contribution in [2.45, 2.75) is 33.2 Å². The number of nitrogens with zero attached hydrogens (tertiary/aromatic N) is 1. The van der Waals surface area contributed by atoms with Crippen molar-refractivity contribution in [1.82, 2.24) is 10.3 Å². The number of rotatable bonds is 5. The minimum Gasteiger partial charge on any atom is -0.310 e. The van der Waals surface area contributed by atoms with E-state index in [4.69, 9.17) is 0 Å². The van der Waals surface area contributed by atoms with E-state index in [0.29, 0.717) is 6.04 Å². The molecule has 0 aliphatic heterocycles. The molecule has 0 saturated heterocycles. The van der Waals surface area contributed by atoms with Gasteiger partial charge in [-0.25, -0.2) is 4.98 Å². The van der Waals surface area contributed by atoms with Crippen LogP contribution < -0.4 is 5.32 Å². The van der Waals surface area contributed by atoms with Crippen molar-refractivity contribution in [2.24, 2.45) is 0 Å². The Morgan fingerprint density at radius 1 is 1.29 bits per heavy atom. The molecule has 4 heteroatoms. The van der Waals surface area contributed by atoms with Gasteiger partial charge >= 0.3 is 0 Å². The molecular weight excluding hydrogens is 248 g/mol. The highest BCUT2D eigenvalue weighted by molar-refractivity contribution is 7.21. The molecule has 2 heterocycles. The fourth-order valence-electron chi connectivity index (χ4n) is 1.69. The number of nitrogens with one attached hydrogen (secondary N) is 1. The molecule has 0 aliphatic rings. The minimum absolute atomic E-state index is 0.400. The van der Waals surface area contributed by atoms with Crippen LogP contribution in [-0.2, 0) is 6.42 Å². The van der Waals surface area contributed by atoms with E-state index in [1.165, 1.54) is 14.6 Å². The lowest BCUT2D eigenvalue weighted by Crippen LogP contribution is -2.16. The van der Waals surface area contributed by atoms with Gasteiger partial charge in [0.2, 0.25) is 0 Å². The van der Waals surface area contributed by atoms with Gasteiger partial charge in [0.25, 0.3) is 0 Å². The molecule has 1 atom stereocenters. The summed E-state index contributed by atoms with van der Waals surface area (Å²) in [5, 5.41) is 4.56. The van der Waals surface area contributed by atoms with Crippen LogP contribution in [0.3, 0.4) is 0 Å². The first-order valence-electron chi connectivity index (χ1n) is 6.02. The van der Waals surface area contributed by atoms with Gasteiger partial charge in [-0.15, -0.1) is 22.7 Å². The molecule has 0 saturated carbocycles. The van der Waals surface area contributed by atoms with Crippen molar-refractivity contribution >= 4 is 22.7 Å². The molecule has 0 spiro atoms. The van der Waals surface area contributed by atoms with Gasteiger partial charge in [-0.2, -0.15) is 0 Å². The zero-order valence-corrected chi connectivity index (χ0v) is 12.1. The van der Waals surface area contributed by atoms with Gasteiger partial charge in [-0.05, 0) is 32.0 Å². The summed E-state index contributed by atoms with van der Waals surface area (Å²) in [6, 6.07) is 4.79. The van der Waals surface area contributed by atoms with Crippen molar-refractivity contribution in [2.75, 3.05) is 6.54 Å². The molecular formula is C13H18N2S2. The van der Waals surface area contributed by atoms with Gasteiger partial charge in [0, 0.05) is 22.0 Å². The molecule has 17 heavy (non-hydrogen) atoms. The number of thiazole rings is 1.